The number of amides is 2. The molecule has 8 heteroatoms. The average Bonchev–Trinajstić information content (AvgIpc) is 2.79. The molecular weight excluding hydrogens is 426 g/mol. The lowest BCUT2D eigenvalue weighted by atomic mass is 10.1. The number of anilines is 2. The highest BCUT2D eigenvalue weighted by atomic mass is 32.2. The summed E-state index contributed by atoms with van der Waals surface area (Å²) in [5.74, 6) is -0.816. The van der Waals surface area contributed by atoms with Crippen molar-refractivity contribution in [2.24, 2.45) is 0 Å². The van der Waals surface area contributed by atoms with Gasteiger partial charge in [0.25, 0.3) is 21.8 Å². The van der Waals surface area contributed by atoms with Gasteiger partial charge in [0, 0.05) is 17.3 Å². The van der Waals surface area contributed by atoms with E-state index in [0.29, 0.717) is 16.9 Å². The number of carbonyl (C=O) groups excluding carboxylic acids is 2. The molecule has 0 aromatic heterocycles. The minimum atomic E-state index is -3.87. The van der Waals surface area contributed by atoms with Crippen LogP contribution in [0.15, 0.2) is 83.8 Å². The van der Waals surface area contributed by atoms with Gasteiger partial charge in [0.1, 0.15) is 0 Å². The molecule has 0 fully saturated rings. The standard InChI is InChI=1S/C24H25N3O4S/c1-3-17(2)25-24(29)21-14-7-8-15-22(21)26-23(28)18-10-9-13-20(16-18)32(30,31)27-19-11-5-4-6-12-19/h4-17,27H,3H2,1-2H3,(H,25,29)(H,26,28). The van der Waals surface area contributed by atoms with Crippen molar-refractivity contribution in [2.75, 3.05) is 10.0 Å². The first-order valence-electron chi connectivity index (χ1n) is 10.2. The van der Waals surface area contributed by atoms with Crippen molar-refractivity contribution in [3.8, 4) is 0 Å². The van der Waals surface area contributed by atoms with Crippen LogP contribution in [0.4, 0.5) is 11.4 Å². The number of para-hydroxylation sites is 2. The van der Waals surface area contributed by atoms with Crippen LogP contribution in [0.3, 0.4) is 0 Å². The van der Waals surface area contributed by atoms with Gasteiger partial charge in [0.05, 0.1) is 16.1 Å². The van der Waals surface area contributed by atoms with E-state index in [0.717, 1.165) is 6.42 Å². The third-order valence-corrected chi connectivity index (χ3v) is 6.22. The third-order valence-electron chi connectivity index (χ3n) is 4.84. The molecule has 0 aliphatic carbocycles. The SMILES string of the molecule is CCC(C)NC(=O)c1ccccc1NC(=O)c1cccc(S(=O)(=O)Nc2ccccc2)c1. The van der Waals surface area contributed by atoms with Gasteiger partial charge in [-0.2, -0.15) is 0 Å². The molecule has 0 radical (unpaired) electrons. The lowest BCUT2D eigenvalue weighted by Gasteiger charge is -2.15. The molecule has 0 spiro atoms. The molecule has 1 atom stereocenters. The van der Waals surface area contributed by atoms with Gasteiger partial charge in [-0.25, -0.2) is 8.42 Å². The number of carbonyl (C=O) groups is 2. The Morgan fingerprint density at radius 1 is 0.875 bits per heavy atom. The third kappa shape index (κ3) is 5.73. The maximum absolute atomic E-state index is 12.8. The van der Waals surface area contributed by atoms with Gasteiger partial charge in [0.15, 0.2) is 0 Å². The zero-order valence-electron chi connectivity index (χ0n) is 17.8. The van der Waals surface area contributed by atoms with Crippen molar-refractivity contribution in [3.05, 3.63) is 90.0 Å². The Balaban J connectivity index is 1.81. The molecule has 3 N–H and O–H groups in total. The molecule has 0 saturated heterocycles. The van der Waals surface area contributed by atoms with E-state index in [1.807, 2.05) is 13.8 Å². The van der Waals surface area contributed by atoms with E-state index >= 15 is 0 Å². The highest BCUT2D eigenvalue weighted by molar-refractivity contribution is 7.92. The first-order valence-corrected chi connectivity index (χ1v) is 11.7. The average molecular weight is 452 g/mol. The minimum absolute atomic E-state index is 0.00902. The largest absolute Gasteiger partial charge is 0.350 e. The normalized spacial score (nSPS) is 11.9. The van der Waals surface area contributed by atoms with Crippen LogP contribution in [0.1, 0.15) is 41.0 Å². The number of hydrogen-bond acceptors (Lipinski definition) is 4. The van der Waals surface area contributed by atoms with Crippen molar-refractivity contribution in [3.63, 3.8) is 0 Å². The lowest BCUT2D eigenvalue weighted by molar-refractivity contribution is 0.0940. The fourth-order valence-electron chi connectivity index (χ4n) is 2.91. The Bertz CT molecular complexity index is 1210. The molecule has 0 aliphatic heterocycles. The molecule has 0 aliphatic rings. The highest BCUT2D eigenvalue weighted by Crippen LogP contribution is 2.20. The summed E-state index contributed by atoms with van der Waals surface area (Å²) < 4.78 is 27.9. The molecule has 32 heavy (non-hydrogen) atoms. The smallest absolute Gasteiger partial charge is 0.261 e. The van der Waals surface area contributed by atoms with Gasteiger partial charge in [-0.3, -0.25) is 14.3 Å². The molecule has 0 saturated carbocycles. The van der Waals surface area contributed by atoms with E-state index in [1.54, 1.807) is 54.6 Å². The molecule has 166 valence electrons. The zero-order chi connectivity index (χ0) is 23.1. The van der Waals surface area contributed by atoms with Crippen LogP contribution in [-0.4, -0.2) is 26.3 Å². The van der Waals surface area contributed by atoms with E-state index < -0.39 is 15.9 Å². The molecule has 1 unspecified atom stereocenters. The van der Waals surface area contributed by atoms with Crippen LogP contribution in [0.5, 0.6) is 0 Å². The van der Waals surface area contributed by atoms with Gasteiger partial charge in [0.2, 0.25) is 0 Å². The number of sulfonamides is 1. The summed E-state index contributed by atoms with van der Waals surface area (Å²) in [6, 6.07) is 20.9. The number of benzene rings is 3. The topological polar surface area (TPSA) is 104 Å². The summed E-state index contributed by atoms with van der Waals surface area (Å²) >= 11 is 0. The van der Waals surface area contributed by atoms with Crippen LogP contribution >= 0.6 is 0 Å². The fraction of sp³-hybridized carbons (Fsp3) is 0.167. The van der Waals surface area contributed by atoms with Crippen LogP contribution in [0.25, 0.3) is 0 Å². The van der Waals surface area contributed by atoms with Gasteiger partial charge in [-0.1, -0.05) is 43.3 Å². The Hall–Kier alpha value is -3.65. The summed E-state index contributed by atoms with van der Waals surface area (Å²) in [5.41, 5.74) is 1.24. The van der Waals surface area contributed by atoms with Crippen molar-refractivity contribution in [1.29, 1.82) is 0 Å². The van der Waals surface area contributed by atoms with E-state index in [1.165, 1.54) is 24.3 Å². The molecular formula is C24H25N3O4S. The van der Waals surface area contributed by atoms with Crippen LogP contribution in [-0.2, 0) is 10.0 Å². The van der Waals surface area contributed by atoms with E-state index in [4.69, 9.17) is 0 Å². The molecule has 3 rings (SSSR count). The molecule has 0 heterocycles. The molecule has 3 aromatic carbocycles. The van der Waals surface area contributed by atoms with Crippen molar-refractivity contribution >= 4 is 33.2 Å². The van der Waals surface area contributed by atoms with Crippen molar-refractivity contribution in [2.45, 2.75) is 31.2 Å². The summed E-state index contributed by atoms with van der Waals surface area (Å²) in [5, 5.41) is 5.59. The Labute approximate surface area is 187 Å². The molecule has 0 bridgehead atoms. The predicted octanol–water partition coefficient (Wildman–Crippen LogP) is 4.27. The Morgan fingerprint density at radius 2 is 1.56 bits per heavy atom. The number of rotatable bonds is 8. The van der Waals surface area contributed by atoms with E-state index in [9.17, 15) is 18.0 Å². The maximum Gasteiger partial charge on any atom is 0.261 e. The van der Waals surface area contributed by atoms with Crippen LogP contribution in [0, 0.1) is 0 Å². The van der Waals surface area contributed by atoms with Gasteiger partial charge >= 0.3 is 0 Å². The monoisotopic (exact) mass is 451 g/mol. The lowest BCUT2D eigenvalue weighted by Crippen LogP contribution is -2.32. The Kier molecular flexibility index (Phi) is 7.27. The highest BCUT2D eigenvalue weighted by Gasteiger charge is 2.18. The second-order valence-corrected chi connectivity index (χ2v) is 8.96. The van der Waals surface area contributed by atoms with E-state index in [-0.39, 0.29) is 22.4 Å². The van der Waals surface area contributed by atoms with Gasteiger partial charge in [-0.15, -0.1) is 0 Å². The Morgan fingerprint density at radius 3 is 2.28 bits per heavy atom. The fourth-order valence-corrected chi connectivity index (χ4v) is 4.02. The number of hydrogen-bond donors (Lipinski definition) is 3. The maximum atomic E-state index is 12.8. The summed E-state index contributed by atoms with van der Waals surface area (Å²) in [7, 11) is -3.87. The number of nitrogens with one attached hydrogen (secondary N) is 3. The minimum Gasteiger partial charge on any atom is -0.350 e. The molecule has 7 nitrogen and oxygen atoms in total. The summed E-state index contributed by atoms with van der Waals surface area (Å²) in [6.07, 6.45) is 0.776. The second kappa shape index (κ2) is 10.1. The zero-order valence-corrected chi connectivity index (χ0v) is 18.6. The van der Waals surface area contributed by atoms with Gasteiger partial charge in [-0.05, 0) is 55.8 Å². The summed E-state index contributed by atoms with van der Waals surface area (Å²) in [4.78, 5) is 25.4. The van der Waals surface area contributed by atoms with Crippen LogP contribution in [0.2, 0.25) is 0 Å². The van der Waals surface area contributed by atoms with Crippen LogP contribution < -0.4 is 15.4 Å². The second-order valence-electron chi connectivity index (χ2n) is 7.28. The first kappa shape index (κ1) is 23.0. The van der Waals surface area contributed by atoms with Crippen molar-refractivity contribution in [1.82, 2.24) is 5.32 Å². The molecule has 3 aromatic rings. The first-order chi connectivity index (χ1) is 15.3. The van der Waals surface area contributed by atoms with E-state index in [2.05, 4.69) is 15.4 Å². The van der Waals surface area contributed by atoms with Crippen molar-refractivity contribution < 1.29 is 18.0 Å². The molecule has 2 amide bonds. The predicted molar refractivity (Wildman–Crippen MR) is 125 cm³/mol. The quantitative estimate of drug-likeness (QED) is 0.476. The van der Waals surface area contributed by atoms with Gasteiger partial charge < -0.3 is 10.6 Å². The summed E-state index contributed by atoms with van der Waals surface area (Å²) in [6.45, 7) is 3.86.